The summed E-state index contributed by atoms with van der Waals surface area (Å²) in [6, 6.07) is 1.97. The Labute approximate surface area is 46.2 Å². The molecule has 7 heavy (non-hydrogen) atoms. The lowest BCUT2D eigenvalue weighted by Crippen LogP contribution is -1.94. The molecule has 1 rings (SSSR count). The molecule has 0 aromatic rings. The molecule has 1 radical (unpaired) electrons. The first-order valence-electron chi connectivity index (χ1n) is 1.82. The second kappa shape index (κ2) is 1.90. The normalized spacial score (nSPS) is 17.3. The van der Waals surface area contributed by atoms with Gasteiger partial charge < -0.3 is 5.32 Å². The standard InChI is InChI=1S/C4H3N2S/c5-1-4-2-6-3-7-4/h6H,3H2. The molecule has 0 aromatic carbocycles. The zero-order valence-corrected chi connectivity index (χ0v) is 4.38. The van der Waals surface area contributed by atoms with Gasteiger partial charge in [-0.05, 0) is 0 Å². The molecule has 1 heterocycles. The maximum absolute atomic E-state index is 8.16. The summed E-state index contributed by atoms with van der Waals surface area (Å²) >= 11 is 1.48. The summed E-state index contributed by atoms with van der Waals surface area (Å²) in [6.45, 7) is 0. The molecular formula is C4H3N2S. The SMILES string of the molecule is N#CC1=[C]NCS1. The third-order valence-corrected chi connectivity index (χ3v) is 1.36. The van der Waals surface area contributed by atoms with Crippen molar-refractivity contribution in [2.24, 2.45) is 0 Å². The highest BCUT2D eigenvalue weighted by Gasteiger charge is 2.00. The quantitative estimate of drug-likeness (QED) is 0.493. The van der Waals surface area contributed by atoms with Crippen LogP contribution < -0.4 is 5.32 Å². The van der Waals surface area contributed by atoms with Crippen LogP contribution >= 0.6 is 11.8 Å². The van der Waals surface area contributed by atoms with Crippen molar-refractivity contribution >= 4 is 11.8 Å². The van der Waals surface area contributed by atoms with E-state index in [1.54, 1.807) is 0 Å². The molecule has 0 bridgehead atoms. The first kappa shape index (κ1) is 4.54. The summed E-state index contributed by atoms with van der Waals surface area (Å²) in [5, 5.41) is 10.9. The summed E-state index contributed by atoms with van der Waals surface area (Å²) in [5.74, 6) is 0.795. The van der Waals surface area contributed by atoms with Gasteiger partial charge in [0.1, 0.15) is 11.0 Å². The van der Waals surface area contributed by atoms with Crippen LogP contribution in [0.15, 0.2) is 4.91 Å². The number of rotatable bonds is 0. The number of nitrogens with one attached hydrogen (secondary N) is 1. The minimum atomic E-state index is 0.653. The monoisotopic (exact) mass is 111 g/mol. The molecule has 0 fully saturated rings. The maximum Gasteiger partial charge on any atom is 0.112 e. The highest BCUT2D eigenvalue weighted by Crippen LogP contribution is 2.15. The van der Waals surface area contributed by atoms with Gasteiger partial charge in [0.25, 0.3) is 0 Å². The first-order valence-corrected chi connectivity index (χ1v) is 2.81. The molecule has 2 nitrogen and oxygen atoms in total. The second-order valence-electron chi connectivity index (χ2n) is 1.03. The van der Waals surface area contributed by atoms with Gasteiger partial charge in [-0.3, -0.25) is 0 Å². The van der Waals surface area contributed by atoms with Gasteiger partial charge in [-0.25, -0.2) is 0 Å². The Hall–Kier alpha value is -0.620. The highest BCUT2D eigenvalue weighted by atomic mass is 32.2. The van der Waals surface area contributed by atoms with Crippen LogP contribution in [0.2, 0.25) is 0 Å². The van der Waals surface area contributed by atoms with Crippen molar-refractivity contribution in [3.8, 4) is 6.07 Å². The van der Waals surface area contributed by atoms with Crippen molar-refractivity contribution in [1.82, 2.24) is 5.32 Å². The summed E-state index contributed by atoms with van der Waals surface area (Å²) in [4.78, 5) is 0.653. The summed E-state index contributed by atoms with van der Waals surface area (Å²) < 4.78 is 0. The Morgan fingerprint density at radius 2 is 2.86 bits per heavy atom. The van der Waals surface area contributed by atoms with Gasteiger partial charge in [0, 0.05) is 0 Å². The Bertz CT molecular complexity index is 133. The number of hydrogen-bond acceptors (Lipinski definition) is 3. The van der Waals surface area contributed by atoms with Crippen molar-refractivity contribution in [2.45, 2.75) is 0 Å². The van der Waals surface area contributed by atoms with E-state index in [1.807, 2.05) is 6.07 Å². The topological polar surface area (TPSA) is 35.8 Å². The lowest BCUT2D eigenvalue weighted by Gasteiger charge is -1.77. The van der Waals surface area contributed by atoms with Crippen LogP contribution in [0, 0.1) is 17.5 Å². The lowest BCUT2D eigenvalue weighted by atomic mass is 10.7. The molecule has 1 aliphatic rings. The second-order valence-corrected chi connectivity index (χ2v) is 2.02. The van der Waals surface area contributed by atoms with Gasteiger partial charge in [-0.1, -0.05) is 11.8 Å². The van der Waals surface area contributed by atoms with E-state index in [9.17, 15) is 0 Å². The van der Waals surface area contributed by atoms with E-state index in [0.29, 0.717) is 4.91 Å². The van der Waals surface area contributed by atoms with Gasteiger partial charge in [0.2, 0.25) is 0 Å². The van der Waals surface area contributed by atoms with Crippen LogP contribution in [0.1, 0.15) is 0 Å². The zero-order chi connectivity index (χ0) is 5.11. The predicted molar refractivity (Wildman–Crippen MR) is 28.0 cm³/mol. The fraction of sp³-hybridized carbons (Fsp3) is 0.250. The van der Waals surface area contributed by atoms with Gasteiger partial charge in [-0.2, -0.15) is 5.26 Å². The van der Waals surface area contributed by atoms with Gasteiger partial charge in [0.05, 0.1) is 12.1 Å². The average Bonchev–Trinajstić information content (AvgIpc) is 2.14. The minimum Gasteiger partial charge on any atom is -0.372 e. The zero-order valence-electron chi connectivity index (χ0n) is 3.56. The number of nitriles is 1. The number of nitrogens with zero attached hydrogens (tertiary/aromatic N) is 1. The molecule has 0 aliphatic carbocycles. The van der Waals surface area contributed by atoms with Crippen LogP contribution in [-0.2, 0) is 0 Å². The third kappa shape index (κ3) is 0.875. The molecule has 0 spiro atoms. The number of thioether (sulfide) groups is 1. The molecule has 0 aromatic heterocycles. The number of allylic oxidation sites excluding steroid dienone is 1. The van der Waals surface area contributed by atoms with Gasteiger partial charge in [-0.15, -0.1) is 0 Å². The summed E-state index contributed by atoms with van der Waals surface area (Å²) in [7, 11) is 0. The van der Waals surface area contributed by atoms with E-state index in [0.717, 1.165) is 5.88 Å². The molecule has 0 atom stereocenters. The van der Waals surface area contributed by atoms with Crippen molar-refractivity contribution in [2.75, 3.05) is 5.88 Å². The van der Waals surface area contributed by atoms with Gasteiger partial charge >= 0.3 is 0 Å². The molecular weight excluding hydrogens is 108 g/mol. The largest absolute Gasteiger partial charge is 0.372 e. The average molecular weight is 111 g/mol. The van der Waals surface area contributed by atoms with E-state index in [4.69, 9.17) is 5.26 Å². The summed E-state index contributed by atoms with van der Waals surface area (Å²) in [5.41, 5.74) is 0. The van der Waals surface area contributed by atoms with Gasteiger partial charge in [0.15, 0.2) is 0 Å². The van der Waals surface area contributed by atoms with Crippen LogP contribution in [0.3, 0.4) is 0 Å². The Morgan fingerprint density at radius 3 is 3.14 bits per heavy atom. The van der Waals surface area contributed by atoms with Crippen LogP contribution in [0.4, 0.5) is 0 Å². The summed E-state index contributed by atoms with van der Waals surface area (Å²) in [6.07, 6.45) is 2.67. The highest BCUT2D eigenvalue weighted by molar-refractivity contribution is 8.03. The first-order chi connectivity index (χ1) is 3.43. The fourth-order valence-electron chi connectivity index (χ4n) is 0.321. The Kier molecular flexibility index (Phi) is 1.23. The van der Waals surface area contributed by atoms with Crippen molar-refractivity contribution < 1.29 is 0 Å². The molecule has 35 valence electrons. The minimum absolute atomic E-state index is 0.653. The van der Waals surface area contributed by atoms with E-state index in [-0.39, 0.29) is 0 Å². The van der Waals surface area contributed by atoms with Crippen LogP contribution in [0.25, 0.3) is 0 Å². The molecule has 0 amide bonds. The molecule has 0 saturated carbocycles. The smallest absolute Gasteiger partial charge is 0.112 e. The van der Waals surface area contributed by atoms with Crippen molar-refractivity contribution in [1.29, 1.82) is 5.26 Å². The molecule has 0 unspecified atom stereocenters. The van der Waals surface area contributed by atoms with E-state index < -0.39 is 0 Å². The van der Waals surface area contributed by atoms with Crippen LogP contribution in [-0.4, -0.2) is 5.88 Å². The Balaban J connectivity index is 2.57. The lowest BCUT2D eigenvalue weighted by molar-refractivity contribution is 1.05. The van der Waals surface area contributed by atoms with Crippen molar-refractivity contribution in [3.63, 3.8) is 0 Å². The van der Waals surface area contributed by atoms with Crippen molar-refractivity contribution in [3.05, 3.63) is 11.1 Å². The third-order valence-electron chi connectivity index (χ3n) is 0.592. The molecule has 0 saturated heterocycles. The molecule has 1 aliphatic heterocycles. The van der Waals surface area contributed by atoms with E-state index >= 15 is 0 Å². The van der Waals surface area contributed by atoms with Crippen LogP contribution in [0.5, 0.6) is 0 Å². The predicted octanol–water partition coefficient (Wildman–Crippen LogP) is 0.448. The molecule has 3 heteroatoms. The van der Waals surface area contributed by atoms with E-state index in [2.05, 4.69) is 11.5 Å². The Morgan fingerprint density at radius 1 is 2.00 bits per heavy atom. The molecule has 1 N–H and O–H groups in total. The van der Waals surface area contributed by atoms with E-state index in [1.165, 1.54) is 11.8 Å². The number of hydrogen-bond donors (Lipinski definition) is 1. The maximum atomic E-state index is 8.16. The fourth-order valence-corrected chi connectivity index (χ4v) is 0.818.